The second-order valence-corrected chi connectivity index (χ2v) is 8.77. The summed E-state index contributed by atoms with van der Waals surface area (Å²) in [5.41, 5.74) is 0.666. The van der Waals surface area contributed by atoms with Crippen LogP contribution in [0.1, 0.15) is 55.5 Å². The van der Waals surface area contributed by atoms with Gasteiger partial charge in [-0.25, -0.2) is 23.7 Å². The number of alkyl halides is 2. The topological polar surface area (TPSA) is 80.2 Å². The highest BCUT2D eigenvalue weighted by molar-refractivity contribution is 5.95. The third-order valence-electron chi connectivity index (χ3n) is 5.34. The number of carbonyl (C=O) groups is 1. The molecule has 1 amide bonds. The first-order valence-corrected chi connectivity index (χ1v) is 10.6. The molecular formula is C22H27F2N5O2. The number of hydrogen-bond donors (Lipinski definition) is 1. The van der Waals surface area contributed by atoms with E-state index in [2.05, 4.69) is 34.1 Å². The summed E-state index contributed by atoms with van der Waals surface area (Å²) < 4.78 is 32.5. The van der Waals surface area contributed by atoms with Gasteiger partial charge in [-0.15, -0.1) is 0 Å². The summed E-state index contributed by atoms with van der Waals surface area (Å²) >= 11 is 0. The maximum atomic E-state index is 13.3. The molecule has 2 fully saturated rings. The van der Waals surface area contributed by atoms with Gasteiger partial charge in [-0.1, -0.05) is 13.8 Å². The molecule has 4 rings (SSSR count). The number of hydrogen-bond acceptors (Lipinski definition) is 6. The number of anilines is 1. The van der Waals surface area contributed by atoms with Gasteiger partial charge in [0, 0.05) is 18.5 Å². The number of aromatic nitrogens is 3. The Hall–Kier alpha value is -2.84. The first kappa shape index (κ1) is 21.4. The highest BCUT2D eigenvalue weighted by Crippen LogP contribution is 2.35. The minimum atomic E-state index is -2.69. The van der Waals surface area contributed by atoms with Crippen molar-refractivity contribution in [3.05, 3.63) is 42.2 Å². The third-order valence-corrected chi connectivity index (χ3v) is 5.34. The Kier molecular flexibility index (Phi) is 6.02. The van der Waals surface area contributed by atoms with Crippen molar-refractivity contribution in [2.75, 3.05) is 24.6 Å². The number of carbonyl (C=O) groups excluding carboxylic acids is 1. The monoisotopic (exact) mass is 431 g/mol. The molecule has 31 heavy (non-hydrogen) atoms. The Balaban J connectivity index is 1.54. The molecule has 1 atom stereocenters. The van der Waals surface area contributed by atoms with Crippen molar-refractivity contribution in [1.29, 1.82) is 0 Å². The van der Waals surface area contributed by atoms with Gasteiger partial charge in [0.1, 0.15) is 5.82 Å². The van der Waals surface area contributed by atoms with Crippen LogP contribution in [0.4, 0.5) is 14.5 Å². The number of halogens is 2. The molecule has 2 aromatic rings. The molecule has 0 bridgehead atoms. The summed E-state index contributed by atoms with van der Waals surface area (Å²) in [6.45, 7) is 3.89. The van der Waals surface area contributed by atoms with Crippen molar-refractivity contribution in [3.8, 4) is 5.75 Å². The highest BCUT2D eigenvalue weighted by Gasteiger charge is 2.44. The maximum absolute atomic E-state index is 13.3. The molecule has 0 spiro atoms. The zero-order valence-electron chi connectivity index (χ0n) is 17.7. The second-order valence-electron chi connectivity index (χ2n) is 8.77. The molecular weight excluding hydrogens is 404 g/mol. The van der Waals surface area contributed by atoms with Gasteiger partial charge in [0.25, 0.3) is 11.8 Å². The lowest BCUT2D eigenvalue weighted by molar-refractivity contribution is -0.0263. The van der Waals surface area contributed by atoms with Crippen LogP contribution in [0, 0.1) is 11.8 Å². The molecule has 166 valence electrons. The fraction of sp³-hybridized carbons (Fsp3) is 0.545. The summed E-state index contributed by atoms with van der Waals surface area (Å²) in [5, 5.41) is 2.97. The summed E-state index contributed by atoms with van der Waals surface area (Å²) in [6, 6.07) is 2.98. The van der Waals surface area contributed by atoms with Gasteiger partial charge in [-0.3, -0.25) is 4.79 Å². The minimum Gasteiger partial charge on any atom is -0.491 e. The molecule has 1 unspecified atom stereocenters. The minimum absolute atomic E-state index is 0.140. The molecule has 3 heterocycles. The van der Waals surface area contributed by atoms with Crippen LogP contribution < -0.4 is 15.0 Å². The molecule has 2 aromatic heterocycles. The predicted octanol–water partition coefficient (Wildman–Crippen LogP) is 3.63. The highest BCUT2D eigenvalue weighted by atomic mass is 19.3. The maximum Gasteiger partial charge on any atom is 0.282 e. The van der Waals surface area contributed by atoms with Crippen LogP contribution in [0.5, 0.6) is 5.75 Å². The molecule has 7 nitrogen and oxygen atoms in total. The fourth-order valence-corrected chi connectivity index (χ4v) is 3.49. The van der Waals surface area contributed by atoms with Crippen LogP contribution >= 0.6 is 0 Å². The molecule has 1 saturated heterocycles. The van der Waals surface area contributed by atoms with E-state index >= 15 is 0 Å². The lowest BCUT2D eigenvalue weighted by Crippen LogP contribution is -2.56. The van der Waals surface area contributed by atoms with E-state index in [-0.39, 0.29) is 24.8 Å². The van der Waals surface area contributed by atoms with E-state index < -0.39 is 11.8 Å². The average Bonchev–Trinajstić information content (AvgIpc) is 3.54. The predicted molar refractivity (Wildman–Crippen MR) is 111 cm³/mol. The van der Waals surface area contributed by atoms with Crippen LogP contribution in [-0.2, 0) is 0 Å². The number of rotatable bonds is 9. The van der Waals surface area contributed by atoms with Gasteiger partial charge in [-0.2, -0.15) is 0 Å². The van der Waals surface area contributed by atoms with Crippen LogP contribution in [0.2, 0.25) is 0 Å². The Morgan fingerprint density at radius 3 is 2.58 bits per heavy atom. The summed E-state index contributed by atoms with van der Waals surface area (Å²) in [6.07, 6.45) is 7.58. The van der Waals surface area contributed by atoms with Crippen LogP contribution in [0.3, 0.4) is 0 Å². The fourth-order valence-electron chi connectivity index (χ4n) is 3.49. The normalized spacial score (nSPS) is 18.4. The zero-order chi connectivity index (χ0) is 22.0. The lowest BCUT2D eigenvalue weighted by Gasteiger charge is -2.40. The Labute approximate surface area is 180 Å². The van der Waals surface area contributed by atoms with Crippen molar-refractivity contribution in [2.24, 2.45) is 11.8 Å². The summed E-state index contributed by atoms with van der Waals surface area (Å²) in [7, 11) is 0. The molecule has 0 radical (unpaired) electrons. The summed E-state index contributed by atoms with van der Waals surface area (Å²) in [5.74, 6) is -1.46. The molecule has 2 aliphatic rings. The van der Waals surface area contributed by atoms with E-state index in [4.69, 9.17) is 4.74 Å². The van der Waals surface area contributed by atoms with Crippen LogP contribution in [-0.4, -0.2) is 46.5 Å². The van der Waals surface area contributed by atoms with Crippen molar-refractivity contribution in [3.63, 3.8) is 0 Å². The molecule has 1 aliphatic heterocycles. The number of ether oxygens (including phenoxy) is 1. The number of pyridine rings is 1. The van der Waals surface area contributed by atoms with E-state index in [0.717, 1.165) is 12.8 Å². The molecule has 1 aliphatic carbocycles. The third kappa shape index (κ3) is 5.45. The quantitative estimate of drug-likeness (QED) is 0.653. The van der Waals surface area contributed by atoms with Gasteiger partial charge in [0.15, 0.2) is 11.4 Å². The van der Waals surface area contributed by atoms with Crippen molar-refractivity contribution >= 4 is 11.6 Å². The van der Waals surface area contributed by atoms with Gasteiger partial charge >= 0.3 is 0 Å². The first-order chi connectivity index (χ1) is 14.8. The van der Waals surface area contributed by atoms with Crippen molar-refractivity contribution in [1.82, 2.24) is 20.3 Å². The average molecular weight is 431 g/mol. The molecule has 1 saturated carbocycles. The number of amides is 1. The molecule has 1 N–H and O–H groups in total. The zero-order valence-corrected chi connectivity index (χ0v) is 17.7. The van der Waals surface area contributed by atoms with Gasteiger partial charge < -0.3 is 15.0 Å². The van der Waals surface area contributed by atoms with Crippen LogP contribution in [0.15, 0.2) is 30.7 Å². The second kappa shape index (κ2) is 8.72. The van der Waals surface area contributed by atoms with E-state index in [0.29, 0.717) is 42.1 Å². The van der Waals surface area contributed by atoms with Gasteiger partial charge in [-0.05, 0) is 37.2 Å². The van der Waals surface area contributed by atoms with E-state index in [1.807, 2.05) is 0 Å². The Morgan fingerprint density at radius 1 is 1.26 bits per heavy atom. The molecule has 0 aromatic carbocycles. The lowest BCUT2D eigenvalue weighted by atomic mass is 10.0. The SMILES string of the molecule is CC(C)CC(NC(=O)c1ncc(N2CC(F)(F)C2)cc1OCC1CC1)c1ncccn1. The van der Waals surface area contributed by atoms with E-state index in [1.54, 1.807) is 24.5 Å². The van der Waals surface area contributed by atoms with E-state index in [9.17, 15) is 13.6 Å². The van der Waals surface area contributed by atoms with Gasteiger partial charge in [0.2, 0.25) is 0 Å². The van der Waals surface area contributed by atoms with E-state index in [1.165, 1.54) is 11.1 Å². The number of nitrogens with one attached hydrogen (secondary N) is 1. The van der Waals surface area contributed by atoms with Crippen molar-refractivity contribution < 1.29 is 18.3 Å². The van der Waals surface area contributed by atoms with Gasteiger partial charge in [0.05, 0.1) is 37.6 Å². The number of nitrogens with zero attached hydrogens (tertiary/aromatic N) is 4. The largest absolute Gasteiger partial charge is 0.491 e. The first-order valence-electron chi connectivity index (χ1n) is 10.6. The van der Waals surface area contributed by atoms with Crippen molar-refractivity contribution in [2.45, 2.75) is 45.1 Å². The van der Waals surface area contributed by atoms with Crippen LogP contribution in [0.25, 0.3) is 0 Å². The summed E-state index contributed by atoms with van der Waals surface area (Å²) in [4.78, 5) is 27.5. The molecule has 9 heteroatoms. The smallest absolute Gasteiger partial charge is 0.282 e. The Bertz CT molecular complexity index is 913. The standard InChI is InChI=1S/C22H27F2N5O2/c1-14(2)8-17(20-25-6-3-7-26-20)28-21(30)19-18(31-11-15-4-5-15)9-16(10-27-19)29-12-22(23,24)13-29/h3,6-7,9-10,14-15,17H,4-5,8,11-13H2,1-2H3,(H,28,30). The Morgan fingerprint density at radius 2 is 1.97 bits per heavy atom.